The number of para-hydroxylation sites is 1. The molecular weight excluding hydrogens is 331 g/mol. The van der Waals surface area contributed by atoms with E-state index >= 15 is 0 Å². The number of allylic oxidation sites excluding steroid dienone is 1. The maximum atomic E-state index is 12.9. The van der Waals surface area contributed by atoms with Gasteiger partial charge in [0.05, 0.1) is 18.7 Å². The molecule has 134 valence electrons. The van der Waals surface area contributed by atoms with Gasteiger partial charge in [0.1, 0.15) is 5.75 Å². The number of hydrogen-bond acceptors (Lipinski definition) is 6. The zero-order valence-electron chi connectivity index (χ0n) is 14.3. The molecule has 0 saturated carbocycles. The molecule has 0 aliphatic heterocycles. The third-order valence-electron chi connectivity index (χ3n) is 3.05. The second kappa shape index (κ2) is 10.3. The SMILES string of the molecule is C/C(=C\CCP(=O)(OCOC(=O)C(C)C)Oc1ccccc1)CO. The molecule has 0 spiro atoms. The molecule has 1 N–H and O–H groups in total. The summed E-state index contributed by atoms with van der Waals surface area (Å²) in [5.41, 5.74) is 0.771. The Hall–Kier alpha value is -1.62. The number of rotatable bonds is 10. The van der Waals surface area contributed by atoms with Crippen LogP contribution in [0.25, 0.3) is 0 Å². The van der Waals surface area contributed by atoms with Gasteiger partial charge in [-0.1, -0.05) is 43.7 Å². The van der Waals surface area contributed by atoms with Gasteiger partial charge in [0.2, 0.25) is 6.79 Å². The Kier molecular flexibility index (Phi) is 8.76. The number of ether oxygens (including phenoxy) is 1. The summed E-state index contributed by atoms with van der Waals surface area (Å²) in [5, 5.41) is 9.00. The summed E-state index contributed by atoms with van der Waals surface area (Å²) < 4.78 is 28.6. The van der Waals surface area contributed by atoms with Gasteiger partial charge in [-0.3, -0.25) is 9.32 Å². The van der Waals surface area contributed by atoms with E-state index in [-0.39, 0.29) is 18.7 Å². The average Bonchev–Trinajstić information content (AvgIpc) is 2.55. The summed E-state index contributed by atoms with van der Waals surface area (Å²) in [6, 6.07) is 8.68. The molecule has 0 heterocycles. The quantitative estimate of drug-likeness (QED) is 0.297. The van der Waals surface area contributed by atoms with Gasteiger partial charge >= 0.3 is 13.6 Å². The van der Waals surface area contributed by atoms with Crippen molar-refractivity contribution in [3.05, 3.63) is 42.0 Å². The third kappa shape index (κ3) is 7.77. The number of benzene rings is 1. The van der Waals surface area contributed by atoms with E-state index in [0.717, 1.165) is 5.57 Å². The van der Waals surface area contributed by atoms with Crippen LogP contribution in [0.5, 0.6) is 5.75 Å². The number of carbonyl (C=O) groups excluding carboxylic acids is 1. The topological polar surface area (TPSA) is 82.1 Å². The van der Waals surface area contributed by atoms with E-state index in [1.165, 1.54) is 0 Å². The molecule has 0 aromatic heterocycles. The number of aliphatic hydroxyl groups excluding tert-OH is 1. The number of hydrogen-bond donors (Lipinski definition) is 1. The molecule has 0 fully saturated rings. The van der Waals surface area contributed by atoms with Crippen molar-refractivity contribution >= 4 is 13.6 Å². The van der Waals surface area contributed by atoms with E-state index in [2.05, 4.69) is 0 Å². The van der Waals surface area contributed by atoms with Crippen molar-refractivity contribution in [3.63, 3.8) is 0 Å². The molecule has 0 aliphatic rings. The predicted molar refractivity (Wildman–Crippen MR) is 91.9 cm³/mol. The molecule has 1 unspecified atom stereocenters. The number of aliphatic hydroxyl groups is 1. The highest BCUT2D eigenvalue weighted by Gasteiger charge is 2.26. The molecule has 0 amide bonds. The fourth-order valence-electron chi connectivity index (χ4n) is 1.64. The summed E-state index contributed by atoms with van der Waals surface area (Å²) in [7, 11) is -3.50. The van der Waals surface area contributed by atoms with E-state index in [9.17, 15) is 9.36 Å². The lowest BCUT2D eigenvalue weighted by Gasteiger charge is -2.19. The van der Waals surface area contributed by atoms with Gasteiger partial charge in [0.15, 0.2) is 0 Å². The van der Waals surface area contributed by atoms with Crippen LogP contribution in [0.3, 0.4) is 0 Å². The third-order valence-corrected chi connectivity index (χ3v) is 4.85. The molecule has 7 heteroatoms. The summed E-state index contributed by atoms with van der Waals surface area (Å²) in [4.78, 5) is 11.5. The molecule has 1 rings (SSSR count). The van der Waals surface area contributed by atoms with Crippen molar-refractivity contribution in [2.45, 2.75) is 27.2 Å². The molecule has 0 aliphatic carbocycles. The predicted octanol–water partition coefficient (Wildman–Crippen LogP) is 3.76. The van der Waals surface area contributed by atoms with Crippen LogP contribution in [-0.4, -0.2) is 30.6 Å². The molecule has 1 aromatic carbocycles. The highest BCUT2D eigenvalue weighted by Crippen LogP contribution is 2.48. The lowest BCUT2D eigenvalue weighted by Crippen LogP contribution is -2.14. The first-order chi connectivity index (χ1) is 11.4. The van der Waals surface area contributed by atoms with Crippen LogP contribution in [0, 0.1) is 5.92 Å². The van der Waals surface area contributed by atoms with Crippen molar-refractivity contribution in [2.75, 3.05) is 19.6 Å². The van der Waals surface area contributed by atoms with Crippen molar-refractivity contribution in [1.29, 1.82) is 0 Å². The lowest BCUT2D eigenvalue weighted by molar-refractivity contribution is -0.154. The summed E-state index contributed by atoms with van der Waals surface area (Å²) >= 11 is 0. The van der Waals surface area contributed by atoms with Gasteiger partial charge in [-0.15, -0.1) is 0 Å². The second-order valence-corrected chi connectivity index (χ2v) is 7.71. The standard InChI is InChI=1S/C17H25O6P/c1-14(2)17(19)21-13-22-24(20,11-7-8-15(3)12-18)23-16-9-5-4-6-10-16/h4-6,8-10,14,18H,7,11-13H2,1-3H3/b15-8+. The van der Waals surface area contributed by atoms with Crippen molar-refractivity contribution in [1.82, 2.24) is 0 Å². The Morgan fingerprint density at radius 3 is 2.54 bits per heavy atom. The molecule has 1 aromatic rings. The number of carbonyl (C=O) groups is 1. The van der Waals surface area contributed by atoms with Gasteiger partial charge in [-0.05, 0) is 25.5 Å². The smallest absolute Gasteiger partial charge is 0.382 e. The van der Waals surface area contributed by atoms with E-state index in [1.807, 2.05) is 6.07 Å². The Morgan fingerprint density at radius 1 is 1.29 bits per heavy atom. The van der Waals surface area contributed by atoms with E-state index in [4.69, 9.17) is 18.9 Å². The lowest BCUT2D eigenvalue weighted by atomic mass is 10.2. The monoisotopic (exact) mass is 356 g/mol. The van der Waals surface area contributed by atoms with E-state index in [0.29, 0.717) is 12.2 Å². The number of esters is 1. The Labute approximate surface area is 143 Å². The van der Waals surface area contributed by atoms with Crippen molar-refractivity contribution < 1.29 is 28.3 Å². The van der Waals surface area contributed by atoms with Crippen LogP contribution in [0.15, 0.2) is 42.0 Å². The van der Waals surface area contributed by atoms with Gasteiger partial charge in [0.25, 0.3) is 0 Å². The average molecular weight is 356 g/mol. The first-order valence-corrected chi connectivity index (χ1v) is 9.50. The van der Waals surface area contributed by atoms with Crippen LogP contribution in [0.1, 0.15) is 27.2 Å². The van der Waals surface area contributed by atoms with Gasteiger partial charge < -0.3 is 14.4 Å². The first kappa shape index (κ1) is 20.4. The molecule has 0 saturated heterocycles. The van der Waals surface area contributed by atoms with E-state index in [1.54, 1.807) is 51.1 Å². The largest absolute Gasteiger partial charge is 0.438 e. The minimum atomic E-state index is -3.50. The summed E-state index contributed by atoms with van der Waals surface area (Å²) in [6.45, 7) is 4.69. The highest BCUT2D eigenvalue weighted by atomic mass is 31.2. The van der Waals surface area contributed by atoms with Crippen LogP contribution < -0.4 is 4.52 Å². The zero-order chi connectivity index (χ0) is 18.0. The highest BCUT2D eigenvalue weighted by molar-refractivity contribution is 7.54. The fourth-order valence-corrected chi connectivity index (χ4v) is 3.02. The van der Waals surface area contributed by atoms with Crippen LogP contribution in [0.4, 0.5) is 0 Å². The second-order valence-electron chi connectivity index (χ2n) is 5.60. The van der Waals surface area contributed by atoms with Crippen LogP contribution in [0.2, 0.25) is 0 Å². The molecular formula is C17H25O6P. The fraction of sp³-hybridized carbons (Fsp3) is 0.471. The zero-order valence-corrected chi connectivity index (χ0v) is 15.2. The van der Waals surface area contributed by atoms with Crippen LogP contribution >= 0.6 is 7.60 Å². The Morgan fingerprint density at radius 2 is 1.96 bits per heavy atom. The normalized spacial score (nSPS) is 14.3. The van der Waals surface area contributed by atoms with Crippen molar-refractivity contribution in [2.24, 2.45) is 5.92 Å². The molecule has 6 nitrogen and oxygen atoms in total. The maximum Gasteiger partial charge on any atom is 0.382 e. The van der Waals surface area contributed by atoms with Gasteiger partial charge in [-0.25, -0.2) is 4.57 Å². The minimum Gasteiger partial charge on any atom is -0.438 e. The van der Waals surface area contributed by atoms with Gasteiger partial charge in [0, 0.05) is 0 Å². The summed E-state index contributed by atoms with van der Waals surface area (Å²) in [6.07, 6.45) is 2.29. The Bertz CT molecular complexity index is 582. The molecule has 24 heavy (non-hydrogen) atoms. The molecule has 1 atom stereocenters. The molecule has 0 radical (unpaired) electrons. The summed E-state index contributed by atoms with van der Waals surface area (Å²) in [5.74, 6) is -0.311. The van der Waals surface area contributed by atoms with Gasteiger partial charge in [-0.2, -0.15) is 0 Å². The van der Waals surface area contributed by atoms with E-state index < -0.39 is 20.4 Å². The van der Waals surface area contributed by atoms with Crippen molar-refractivity contribution in [3.8, 4) is 5.75 Å². The maximum absolute atomic E-state index is 12.9. The minimum absolute atomic E-state index is 0.0588. The molecule has 0 bridgehead atoms. The first-order valence-electron chi connectivity index (χ1n) is 7.77. The Balaban J connectivity index is 2.70. The van der Waals surface area contributed by atoms with Crippen LogP contribution in [-0.2, 0) is 18.6 Å².